The molecule has 0 saturated carbocycles. The number of nitrogens with two attached hydrogens (primary N) is 1. The van der Waals surface area contributed by atoms with Gasteiger partial charge in [0.1, 0.15) is 30.2 Å². The third-order valence-corrected chi connectivity index (χ3v) is 7.84. The van der Waals surface area contributed by atoms with E-state index in [1.165, 1.54) is 18.7 Å². The number of nitrogens with zero attached hydrogens (tertiary/aromatic N) is 1. The zero-order valence-corrected chi connectivity index (χ0v) is 29.6. The molecule has 1 fully saturated rings. The van der Waals surface area contributed by atoms with E-state index < -0.39 is 84.7 Å². The molecule has 1 aliphatic heterocycles. The molecule has 5 atom stereocenters. The van der Waals surface area contributed by atoms with Gasteiger partial charge in [0.2, 0.25) is 41.4 Å². The van der Waals surface area contributed by atoms with Gasteiger partial charge in [0.05, 0.1) is 13.1 Å². The number of nitrogens with one attached hydrogen (secondary N) is 6. The minimum absolute atomic E-state index is 0.0261. The zero-order valence-electron chi connectivity index (χ0n) is 29.6. The first-order chi connectivity index (χ1) is 23.0. The molecule has 49 heavy (non-hydrogen) atoms. The van der Waals surface area contributed by atoms with Gasteiger partial charge in [-0.15, -0.1) is 0 Å². The minimum atomic E-state index is -1.21. The lowest BCUT2D eigenvalue weighted by Gasteiger charge is -2.26. The predicted octanol–water partition coefficient (Wildman–Crippen LogP) is -1.51. The first-order valence-corrected chi connectivity index (χ1v) is 16.9. The van der Waals surface area contributed by atoms with Crippen molar-refractivity contribution in [3.8, 4) is 0 Å². The molecule has 0 aromatic heterocycles. The summed E-state index contributed by atoms with van der Waals surface area (Å²) in [5.41, 5.74) is 5.42. The van der Waals surface area contributed by atoms with E-state index in [2.05, 4.69) is 31.9 Å². The topological polar surface area (TPSA) is 258 Å². The van der Waals surface area contributed by atoms with E-state index in [1.54, 1.807) is 0 Å². The summed E-state index contributed by atoms with van der Waals surface area (Å²) in [7, 11) is 0. The largest absolute Gasteiger partial charge is 0.480 e. The zero-order chi connectivity index (χ0) is 37.3. The molecule has 9 N–H and O–H groups in total. The Bertz CT molecular complexity index is 1180. The molecule has 1 rings (SSSR count). The highest BCUT2D eigenvalue weighted by molar-refractivity contribution is 5.96. The van der Waals surface area contributed by atoms with Crippen molar-refractivity contribution in [1.29, 1.82) is 0 Å². The van der Waals surface area contributed by atoms with E-state index >= 15 is 0 Å². The van der Waals surface area contributed by atoms with Gasteiger partial charge in [-0.3, -0.25) is 33.6 Å². The minimum Gasteiger partial charge on any atom is -0.480 e. The number of hydrogen-bond donors (Lipinski definition) is 8. The van der Waals surface area contributed by atoms with Gasteiger partial charge in [-0.05, 0) is 70.3 Å². The lowest BCUT2D eigenvalue weighted by atomic mass is 10.0. The van der Waals surface area contributed by atoms with Gasteiger partial charge in [-0.25, -0.2) is 4.79 Å². The quantitative estimate of drug-likeness (QED) is 0.0644. The molecule has 0 aromatic carbocycles. The van der Waals surface area contributed by atoms with Gasteiger partial charge in [0.15, 0.2) is 0 Å². The van der Waals surface area contributed by atoms with E-state index in [9.17, 15) is 43.5 Å². The molecule has 0 spiro atoms. The van der Waals surface area contributed by atoms with Gasteiger partial charge >= 0.3 is 5.97 Å². The molecule has 0 aromatic rings. The van der Waals surface area contributed by atoms with Crippen molar-refractivity contribution in [1.82, 2.24) is 36.8 Å². The second-order valence-corrected chi connectivity index (χ2v) is 13.2. The van der Waals surface area contributed by atoms with Gasteiger partial charge in [0.25, 0.3) is 0 Å². The fourth-order valence-corrected chi connectivity index (χ4v) is 5.32. The van der Waals surface area contributed by atoms with Gasteiger partial charge in [-0.2, -0.15) is 0 Å². The van der Waals surface area contributed by atoms with Crippen molar-refractivity contribution in [2.24, 2.45) is 17.6 Å². The van der Waals surface area contributed by atoms with E-state index in [-0.39, 0.29) is 30.6 Å². The molecule has 0 aliphatic carbocycles. The van der Waals surface area contributed by atoms with Crippen LogP contribution in [0.3, 0.4) is 0 Å². The number of rotatable bonds is 21. The highest BCUT2D eigenvalue weighted by Gasteiger charge is 2.35. The van der Waals surface area contributed by atoms with Gasteiger partial charge in [-0.1, -0.05) is 27.7 Å². The standard InChI is InChI=1S/C32H56N8O9/c1-18(2)14-23(39-31(47)25-11-9-13-40(25)21(6)41)29(45)35-17-27(43)38-24(15-19(3)4)30(46)36-20(5)28(44)34-16-26(42)37-22(32(48)49)10-7-8-12-33/h18-20,22-25H,7-17,33H2,1-6H3,(H,34,44)(H,35,45)(H,36,46)(H,37,42)(H,38,43)(H,39,47)(H,48,49)/t20-,22+,23-,24-,25-/m0/s1. The van der Waals surface area contributed by atoms with E-state index in [1.807, 2.05) is 27.7 Å². The molecular formula is C32H56N8O9. The molecule has 0 bridgehead atoms. The molecule has 0 radical (unpaired) electrons. The molecular weight excluding hydrogens is 640 g/mol. The fourth-order valence-electron chi connectivity index (χ4n) is 5.32. The molecule has 17 heteroatoms. The van der Waals surface area contributed by atoms with Crippen LogP contribution in [-0.4, -0.2) is 114 Å². The van der Waals surface area contributed by atoms with Crippen LogP contribution < -0.4 is 37.6 Å². The van der Waals surface area contributed by atoms with Crippen LogP contribution in [0.2, 0.25) is 0 Å². The summed E-state index contributed by atoms with van der Waals surface area (Å²) in [5, 5.41) is 24.3. The summed E-state index contributed by atoms with van der Waals surface area (Å²) in [6, 6.07) is -4.91. The molecule has 1 heterocycles. The third-order valence-electron chi connectivity index (χ3n) is 7.84. The van der Waals surface area contributed by atoms with Crippen LogP contribution in [0.4, 0.5) is 0 Å². The Morgan fingerprint density at radius 1 is 0.735 bits per heavy atom. The van der Waals surface area contributed by atoms with Crippen LogP contribution in [0.15, 0.2) is 0 Å². The van der Waals surface area contributed by atoms with Crippen molar-refractivity contribution in [2.45, 2.75) is 117 Å². The number of carboxylic acid groups (broad SMARTS) is 1. The predicted molar refractivity (Wildman–Crippen MR) is 179 cm³/mol. The van der Waals surface area contributed by atoms with E-state index in [4.69, 9.17) is 5.73 Å². The number of hydrogen-bond acceptors (Lipinski definition) is 9. The van der Waals surface area contributed by atoms with Crippen molar-refractivity contribution in [3.63, 3.8) is 0 Å². The summed E-state index contributed by atoms with van der Waals surface area (Å²) < 4.78 is 0. The number of carbonyl (C=O) groups excluding carboxylic acids is 7. The number of carbonyl (C=O) groups is 8. The number of unbranched alkanes of at least 4 members (excludes halogenated alkanes) is 1. The second-order valence-electron chi connectivity index (χ2n) is 13.2. The van der Waals surface area contributed by atoms with Crippen LogP contribution in [0.25, 0.3) is 0 Å². The molecule has 1 saturated heterocycles. The Morgan fingerprint density at radius 2 is 1.27 bits per heavy atom. The average molecular weight is 697 g/mol. The summed E-state index contributed by atoms with van der Waals surface area (Å²) in [6.07, 6.45) is 2.95. The summed E-state index contributed by atoms with van der Waals surface area (Å²) >= 11 is 0. The number of likely N-dealkylation sites (tertiary alicyclic amines) is 1. The monoisotopic (exact) mass is 696 g/mol. The normalized spacial score (nSPS) is 16.6. The van der Waals surface area contributed by atoms with E-state index in [0.717, 1.165) is 0 Å². The smallest absolute Gasteiger partial charge is 0.326 e. The molecule has 17 nitrogen and oxygen atoms in total. The number of amides is 7. The molecule has 0 unspecified atom stereocenters. The van der Waals surface area contributed by atoms with Crippen molar-refractivity contribution in [2.75, 3.05) is 26.2 Å². The Kier molecular flexibility index (Phi) is 18.9. The number of carboxylic acids is 1. The van der Waals surface area contributed by atoms with Gasteiger partial charge in [0, 0.05) is 13.5 Å². The highest BCUT2D eigenvalue weighted by atomic mass is 16.4. The van der Waals surface area contributed by atoms with Crippen LogP contribution in [0.1, 0.15) is 86.5 Å². The SMILES string of the molecule is CC(=O)N1CCC[C@H]1C(=O)N[C@@H](CC(C)C)C(=O)NCC(=O)N[C@@H](CC(C)C)C(=O)N[C@@H](C)C(=O)NCC(=O)N[C@H](CCCCN)C(=O)O. The first kappa shape index (κ1) is 42.7. The van der Waals surface area contributed by atoms with Crippen LogP contribution in [0, 0.1) is 11.8 Å². The van der Waals surface area contributed by atoms with Crippen molar-refractivity contribution in [3.05, 3.63) is 0 Å². The Labute approximate surface area is 288 Å². The molecule has 7 amide bonds. The molecule has 278 valence electrons. The summed E-state index contributed by atoms with van der Waals surface area (Å²) in [5.74, 6) is -5.23. The highest BCUT2D eigenvalue weighted by Crippen LogP contribution is 2.18. The van der Waals surface area contributed by atoms with Crippen LogP contribution in [0.5, 0.6) is 0 Å². The first-order valence-electron chi connectivity index (χ1n) is 16.9. The summed E-state index contributed by atoms with van der Waals surface area (Å²) in [4.78, 5) is 102. The van der Waals surface area contributed by atoms with E-state index in [0.29, 0.717) is 45.2 Å². The van der Waals surface area contributed by atoms with Crippen molar-refractivity contribution < 1.29 is 43.5 Å². The third kappa shape index (κ3) is 16.1. The van der Waals surface area contributed by atoms with Crippen LogP contribution in [-0.2, 0) is 38.4 Å². The van der Waals surface area contributed by atoms with Crippen LogP contribution >= 0.6 is 0 Å². The summed E-state index contributed by atoms with van der Waals surface area (Å²) in [6.45, 7) is 10.1. The molecule has 1 aliphatic rings. The average Bonchev–Trinajstić information content (AvgIpc) is 3.51. The Morgan fingerprint density at radius 3 is 1.78 bits per heavy atom. The Balaban J connectivity index is 2.72. The maximum atomic E-state index is 13.1. The maximum absolute atomic E-state index is 13.1. The Hall–Kier alpha value is -4.28. The van der Waals surface area contributed by atoms with Crippen molar-refractivity contribution >= 4 is 47.3 Å². The second kappa shape index (κ2) is 21.6. The maximum Gasteiger partial charge on any atom is 0.326 e. The lowest BCUT2D eigenvalue weighted by molar-refractivity contribution is -0.142. The number of aliphatic carboxylic acids is 1. The lowest BCUT2D eigenvalue weighted by Crippen LogP contribution is -2.56. The fraction of sp³-hybridized carbons (Fsp3) is 0.750. The van der Waals surface area contributed by atoms with Gasteiger partial charge < -0.3 is 47.6 Å².